The number of carboxylic acids is 1. The van der Waals surface area contributed by atoms with Crippen molar-refractivity contribution in [2.24, 2.45) is 0 Å². The molecule has 0 heterocycles. The van der Waals surface area contributed by atoms with E-state index in [4.69, 9.17) is 9.84 Å². The number of hydrogen-bond donors (Lipinski definition) is 1. The third-order valence-electron chi connectivity index (χ3n) is 5.13. The van der Waals surface area contributed by atoms with E-state index >= 15 is 0 Å². The summed E-state index contributed by atoms with van der Waals surface area (Å²) in [6.45, 7) is 0.272. The molecule has 0 aliphatic heterocycles. The monoisotopic (exact) mass is 404 g/mol. The summed E-state index contributed by atoms with van der Waals surface area (Å²) in [5, 5.41) is 8.75. The van der Waals surface area contributed by atoms with E-state index in [1.165, 1.54) is 23.3 Å². The first-order valence-corrected chi connectivity index (χ1v) is 9.61. The molecule has 0 radical (unpaired) electrons. The standard InChI is InChI=1S/C23H23F3O3/c24-23(25,26)21-14-20(11-9-17(21)10-12-22(27)28)29-15-19-8-4-7-18(19)13-16-5-2-1-3-6-16/h1-3,5-6,9,11,14H,4,7-8,10,12-13,15H2,(H,27,28). The van der Waals surface area contributed by atoms with E-state index in [1.54, 1.807) is 0 Å². The number of carbonyl (C=O) groups is 1. The van der Waals surface area contributed by atoms with Crippen LogP contribution in [0.2, 0.25) is 0 Å². The first-order chi connectivity index (χ1) is 13.8. The van der Waals surface area contributed by atoms with Crippen molar-refractivity contribution in [2.75, 3.05) is 6.61 Å². The Hall–Kier alpha value is -2.76. The quantitative estimate of drug-likeness (QED) is 0.564. The van der Waals surface area contributed by atoms with Crippen molar-refractivity contribution in [3.8, 4) is 5.75 Å². The third kappa shape index (κ3) is 5.86. The molecule has 2 aromatic rings. The second-order valence-corrected chi connectivity index (χ2v) is 7.22. The lowest BCUT2D eigenvalue weighted by Crippen LogP contribution is -2.11. The number of carboxylic acid groups (broad SMARTS) is 1. The van der Waals surface area contributed by atoms with Crippen molar-refractivity contribution in [3.63, 3.8) is 0 Å². The second-order valence-electron chi connectivity index (χ2n) is 7.22. The molecule has 0 bridgehead atoms. The van der Waals surface area contributed by atoms with Crippen molar-refractivity contribution in [1.82, 2.24) is 0 Å². The van der Waals surface area contributed by atoms with Crippen molar-refractivity contribution in [2.45, 2.75) is 44.7 Å². The summed E-state index contributed by atoms with van der Waals surface area (Å²) >= 11 is 0. The molecule has 0 atom stereocenters. The number of aryl methyl sites for hydroxylation is 1. The number of ether oxygens (including phenoxy) is 1. The summed E-state index contributed by atoms with van der Waals surface area (Å²) in [6.07, 6.45) is -1.33. The summed E-state index contributed by atoms with van der Waals surface area (Å²) in [4.78, 5) is 10.7. The highest BCUT2D eigenvalue weighted by Gasteiger charge is 2.33. The topological polar surface area (TPSA) is 46.5 Å². The first kappa shape index (κ1) is 21.0. The maximum absolute atomic E-state index is 13.4. The molecule has 0 spiro atoms. The molecule has 0 saturated carbocycles. The van der Waals surface area contributed by atoms with Gasteiger partial charge in [-0.1, -0.05) is 42.0 Å². The molecule has 29 heavy (non-hydrogen) atoms. The van der Waals surface area contributed by atoms with Crippen LogP contribution in [-0.4, -0.2) is 17.7 Å². The number of alkyl halides is 3. The predicted molar refractivity (Wildman–Crippen MR) is 104 cm³/mol. The highest BCUT2D eigenvalue weighted by Crippen LogP contribution is 2.36. The van der Waals surface area contributed by atoms with Gasteiger partial charge in [0.15, 0.2) is 0 Å². The molecule has 1 N–H and O–H groups in total. The number of benzene rings is 2. The Morgan fingerprint density at radius 1 is 1.03 bits per heavy atom. The SMILES string of the molecule is O=C(O)CCc1ccc(OCC2=C(Cc3ccccc3)CCC2)cc1C(F)(F)F. The lowest BCUT2D eigenvalue weighted by atomic mass is 10.0. The minimum absolute atomic E-state index is 0.0305. The van der Waals surface area contributed by atoms with E-state index in [1.807, 2.05) is 18.2 Å². The van der Waals surface area contributed by atoms with Crippen LogP contribution in [0.5, 0.6) is 5.75 Å². The fourth-order valence-corrected chi connectivity index (χ4v) is 3.64. The van der Waals surface area contributed by atoms with Gasteiger partial charge in [-0.3, -0.25) is 4.79 Å². The fourth-order valence-electron chi connectivity index (χ4n) is 3.64. The molecule has 0 unspecified atom stereocenters. The molecule has 2 aromatic carbocycles. The minimum atomic E-state index is -4.56. The van der Waals surface area contributed by atoms with Gasteiger partial charge in [0.05, 0.1) is 5.56 Å². The van der Waals surface area contributed by atoms with Gasteiger partial charge < -0.3 is 9.84 Å². The molecule has 0 aromatic heterocycles. The highest BCUT2D eigenvalue weighted by molar-refractivity contribution is 5.67. The number of allylic oxidation sites excluding steroid dienone is 1. The molecular weight excluding hydrogens is 381 g/mol. The van der Waals surface area contributed by atoms with Crippen molar-refractivity contribution in [1.29, 1.82) is 0 Å². The molecule has 1 aliphatic rings. The number of halogens is 3. The van der Waals surface area contributed by atoms with Crippen LogP contribution < -0.4 is 4.74 Å². The Morgan fingerprint density at radius 2 is 1.76 bits per heavy atom. The Bertz CT molecular complexity index is 886. The summed E-state index contributed by atoms with van der Waals surface area (Å²) in [6, 6.07) is 13.9. The predicted octanol–water partition coefficient (Wildman–Crippen LogP) is 5.82. The zero-order valence-corrected chi connectivity index (χ0v) is 16.0. The fraction of sp³-hybridized carbons (Fsp3) is 0.348. The van der Waals surface area contributed by atoms with Crippen LogP contribution in [0, 0.1) is 0 Å². The zero-order chi connectivity index (χ0) is 20.9. The molecule has 1 aliphatic carbocycles. The van der Waals surface area contributed by atoms with Gasteiger partial charge in [0, 0.05) is 6.42 Å². The summed E-state index contributed by atoms with van der Waals surface area (Å²) in [5.74, 6) is -0.979. The summed E-state index contributed by atoms with van der Waals surface area (Å²) in [7, 11) is 0. The van der Waals surface area contributed by atoms with Crippen LogP contribution in [0.4, 0.5) is 13.2 Å². The van der Waals surface area contributed by atoms with Gasteiger partial charge in [0.1, 0.15) is 12.4 Å². The average Bonchev–Trinajstić information content (AvgIpc) is 3.12. The summed E-state index contributed by atoms with van der Waals surface area (Å²) in [5.41, 5.74) is 2.80. The zero-order valence-electron chi connectivity index (χ0n) is 16.0. The van der Waals surface area contributed by atoms with Crippen LogP contribution in [0.25, 0.3) is 0 Å². The van der Waals surface area contributed by atoms with Gasteiger partial charge in [-0.2, -0.15) is 13.2 Å². The lowest BCUT2D eigenvalue weighted by molar-refractivity contribution is -0.140. The van der Waals surface area contributed by atoms with Crippen molar-refractivity contribution < 1.29 is 27.8 Å². The maximum atomic E-state index is 13.4. The van der Waals surface area contributed by atoms with Crippen molar-refractivity contribution >= 4 is 5.97 Å². The van der Waals surface area contributed by atoms with E-state index in [2.05, 4.69) is 12.1 Å². The Balaban J connectivity index is 1.72. The van der Waals surface area contributed by atoms with Gasteiger partial charge in [0.25, 0.3) is 0 Å². The molecule has 154 valence electrons. The number of hydrogen-bond acceptors (Lipinski definition) is 2. The third-order valence-corrected chi connectivity index (χ3v) is 5.13. The van der Waals surface area contributed by atoms with Gasteiger partial charge in [0.2, 0.25) is 0 Å². The van der Waals surface area contributed by atoms with Crippen LogP contribution in [0.3, 0.4) is 0 Å². The van der Waals surface area contributed by atoms with Crippen LogP contribution in [0.15, 0.2) is 59.7 Å². The second kappa shape index (κ2) is 9.16. The van der Waals surface area contributed by atoms with Crippen LogP contribution in [0.1, 0.15) is 42.4 Å². The average molecular weight is 404 g/mol. The van der Waals surface area contributed by atoms with E-state index in [9.17, 15) is 18.0 Å². The molecule has 3 nitrogen and oxygen atoms in total. The molecular formula is C23H23F3O3. The van der Waals surface area contributed by atoms with Gasteiger partial charge in [-0.25, -0.2) is 0 Å². The Kier molecular flexibility index (Phi) is 6.62. The Labute approximate surface area is 167 Å². The number of aliphatic carboxylic acids is 1. The van der Waals surface area contributed by atoms with E-state index in [-0.39, 0.29) is 30.8 Å². The maximum Gasteiger partial charge on any atom is 0.416 e. The van der Waals surface area contributed by atoms with Crippen molar-refractivity contribution in [3.05, 3.63) is 76.4 Å². The van der Waals surface area contributed by atoms with Gasteiger partial charge in [-0.15, -0.1) is 0 Å². The van der Waals surface area contributed by atoms with E-state index in [0.29, 0.717) is 0 Å². The Morgan fingerprint density at radius 3 is 2.45 bits per heavy atom. The van der Waals surface area contributed by atoms with Gasteiger partial charge >= 0.3 is 12.1 Å². The smallest absolute Gasteiger partial charge is 0.416 e. The highest BCUT2D eigenvalue weighted by atomic mass is 19.4. The molecule has 0 fully saturated rings. The minimum Gasteiger partial charge on any atom is -0.489 e. The largest absolute Gasteiger partial charge is 0.489 e. The van der Waals surface area contributed by atoms with Crippen LogP contribution in [-0.2, 0) is 23.8 Å². The van der Waals surface area contributed by atoms with E-state index < -0.39 is 17.7 Å². The molecule has 6 heteroatoms. The van der Waals surface area contributed by atoms with E-state index in [0.717, 1.165) is 37.3 Å². The normalized spacial score (nSPS) is 14.3. The number of rotatable bonds is 8. The van der Waals surface area contributed by atoms with Crippen LogP contribution >= 0.6 is 0 Å². The molecule has 0 saturated heterocycles. The molecule has 3 rings (SSSR count). The van der Waals surface area contributed by atoms with Gasteiger partial charge in [-0.05, 0) is 60.9 Å². The summed E-state index contributed by atoms with van der Waals surface area (Å²) < 4.78 is 45.9. The molecule has 0 amide bonds. The first-order valence-electron chi connectivity index (χ1n) is 9.61. The lowest BCUT2D eigenvalue weighted by Gasteiger charge is -2.15.